The van der Waals surface area contributed by atoms with E-state index in [0.29, 0.717) is 13.0 Å². The third kappa shape index (κ3) is 6.67. The third-order valence-corrected chi connectivity index (χ3v) is 2.99. The summed E-state index contributed by atoms with van der Waals surface area (Å²) in [6, 6.07) is 3.45. The van der Waals surface area contributed by atoms with Crippen LogP contribution in [0.25, 0.3) is 0 Å². The van der Waals surface area contributed by atoms with E-state index in [-0.39, 0.29) is 29.5 Å². The van der Waals surface area contributed by atoms with E-state index < -0.39 is 11.6 Å². The second kappa shape index (κ2) is 7.50. The van der Waals surface area contributed by atoms with Crippen molar-refractivity contribution >= 4 is 5.91 Å². The van der Waals surface area contributed by atoms with Gasteiger partial charge in [0, 0.05) is 30.1 Å². The van der Waals surface area contributed by atoms with E-state index in [0.717, 1.165) is 0 Å². The van der Waals surface area contributed by atoms with E-state index in [1.54, 1.807) is 6.92 Å². The molecule has 0 fully saturated rings. The third-order valence-electron chi connectivity index (χ3n) is 2.99. The van der Waals surface area contributed by atoms with Crippen molar-refractivity contribution < 1.29 is 13.6 Å². The van der Waals surface area contributed by atoms with Gasteiger partial charge in [0.2, 0.25) is 5.91 Å². The van der Waals surface area contributed by atoms with Crippen LogP contribution in [0.15, 0.2) is 18.2 Å². The van der Waals surface area contributed by atoms with Crippen LogP contribution in [0.4, 0.5) is 8.78 Å². The molecule has 0 heterocycles. The van der Waals surface area contributed by atoms with Crippen molar-refractivity contribution in [1.82, 2.24) is 10.6 Å². The number of nitrogens with one attached hydrogen (secondary N) is 2. The second-order valence-corrected chi connectivity index (χ2v) is 6.30. The maximum absolute atomic E-state index is 13.5. The van der Waals surface area contributed by atoms with E-state index in [1.165, 1.54) is 18.2 Å². The van der Waals surface area contributed by atoms with Gasteiger partial charge in [-0.05, 0) is 46.2 Å². The number of hydrogen-bond acceptors (Lipinski definition) is 2. The van der Waals surface area contributed by atoms with Crippen LogP contribution in [0.3, 0.4) is 0 Å². The molecule has 0 saturated heterocycles. The second-order valence-electron chi connectivity index (χ2n) is 6.30. The topological polar surface area (TPSA) is 41.1 Å². The van der Waals surface area contributed by atoms with Crippen molar-refractivity contribution in [1.29, 1.82) is 0 Å². The monoisotopic (exact) mass is 298 g/mol. The van der Waals surface area contributed by atoms with Gasteiger partial charge in [-0.25, -0.2) is 8.78 Å². The van der Waals surface area contributed by atoms with Gasteiger partial charge < -0.3 is 10.6 Å². The molecule has 1 atom stereocenters. The highest BCUT2D eigenvalue weighted by atomic mass is 19.1. The molecular weight excluding hydrogens is 274 g/mol. The van der Waals surface area contributed by atoms with Crippen LogP contribution in [0.2, 0.25) is 0 Å². The average molecular weight is 298 g/mol. The maximum atomic E-state index is 13.5. The Labute approximate surface area is 125 Å². The fourth-order valence-corrected chi connectivity index (χ4v) is 1.98. The van der Waals surface area contributed by atoms with Crippen LogP contribution in [-0.2, 0) is 11.2 Å². The molecule has 1 amide bonds. The van der Waals surface area contributed by atoms with E-state index in [1.807, 2.05) is 20.8 Å². The Kier molecular flexibility index (Phi) is 6.27. The molecule has 1 aromatic carbocycles. The fourth-order valence-electron chi connectivity index (χ4n) is 1.98. The van der Waals surface area contributed by atoms with Gasteiger partial charge >= 0.3 is 0 Å². The van der Waals surface area contributed by atoms with Gasteiger partial charge in [0.05, 0.1) is 0 Å². The molecule has 0 bridgehead atoms. The molecule has 0 spiro atoms. The minimum atomic E-state index is -0.578. The minimum absolute atomic E-state index is 0.0121. The molecule has 2 N–H and O–H groups in total. The number of hydrogen-bond donors (Lipinski definition) is 2. The average Bonchev–Trinajstić information content (AvgIpc) is 2.32. The van der Waals surface area contributed by atoms with Crippen molar-refractivity contribution in [3.8, 4) is 0 Å². The number of carbonyl (C=O) groups excluding carboxylic acids is 1. The molecule has 21 heavy (non-hydrogen) atoms. The van der Waals surface area contributed by atoms with Crippen molar-refractivity contribution in [3.63, 3.8) is 0 Å². The maximum Gasteiger partial charge on any atom is 0.221 e. The number of halogens is 2. The summed E-state index contributed by atoms with van der Waals surface area (Å²) in [7, 11) is 0. The SMILES string of the molecule is CC(Cc1c(F)cccc1F)NC(=O)CCNC(C)(C)C. The summed E-state index contributed by atoms with van der Waals surface area (Å²) in [5, 5.41) is 5.97. The van der Waals surface area contributed by atoms with Crippen LogP contribution < -0.4 is 10.6 Å². The Balaban J connectivity index is 2.43. The Morgan fingerprint density at radius 2 is 1.81 bits per heavy atom. The highest BCUT2D eigenvalue weighted by molar-refractivity contribution is 5.76. The van der Waals surface area contributed by atoms with Gasteiger partial charge in [0.1, 0.15) is 11.6 Å². The standard InChI is InChI=1S/C16H24F2N2O/c1-11(10-12-13(17)6-5-7-14(12)18)20-15(21)8-9-19-16(2,3)4/h5-7,11,19H,8-10H2,1-4H3,(H,20,21). The van der Waals surface area contributed by atoms with E-state index in [2.05, 4.69) is 10.6 Å². The largest absolute Gasteiger partial charge is 0.353 e. The summed E-state index contributed by atoms with van der Waals surface area (Å²) in [6.45, 7) is 8.37. The van der Waals surface area contributed by atoms with Gasteiger partial charge in [-0.15, -0.1) is 0 Å². The van der Waals surface area contributed by atoms with E-state index >= 15 is 0 Å². The van der Waals surface area contributed by atoms with Crippen molar-refractivity contribution in [2.24, 2.45) is 0 Å². The molecule has 1 rings (SSSR count). The lowest BCUT2D eigenvalue weighted by molar-refractivity contribution is -0.121. The Morgan fingerprint density at radius 3 is 2.33 bits per heavy atom. The smallest absolute Gasteiger partial charge is 0.221 e. The van der Waals surface area contributed by atoms with Gasteiger partial charge in [-0.1, -0.05) is 6.07 Å². The van der Waals surface area contributed by atoms with Crippen LogP contribution in [0.5, 0.6) is 0 Å². The normalized spacial score (nSPS) is 13.0. The first kappa shape index (κ1) is 17.6. The molecule has 0 aliphatic heterocycles. The predicted molar refractivity (Wildman–Crippen MR) is 80.0 cm³/mol. The molecule has 1 aromatic rings. The lowest BCUT2D eigenvalue weighted by Gasteiger charge is -2.21. The molecular formula is C16H24F2N2O. The summed E-state index contributed by atoms with van der Waals surface area (Å²) in [5.74, 6) is -1.29. The Bertz CT molecular complexity index is 463. The molecule has 0 aromatic heterocycles. The number of carbonyl (C=O) groups is 1. The minimum Gasteiger partial charge on any atom is -0.353 e. The molecule has 0 aliphatic carbocycles. The number of benzene rings is 1. The molecule has 5 heteroatoms. The Morgan fingerprint density at radius 1 is 1.24 bits per heavy atom. The van der Waals surface area contributed by atoms with Crippen LogP contribution in [-0.4, -0.2) is 24.0 Å². The first-order valence-electron chi connectivity index (χ1n) is 7.16. The summed E-state index contributed by atoms with van der Waals surface area (Å²) < 4.78 is 27.0. The Hall–Kier alpha value is -1.49. The highest BCUT2D eigenvalue weighted by Crippen LogP contribution is 2.14. The quantitative estimate of drug-likeness (QED) is 0.848. The molecule has 0 aliphatic rings. The van der Waals surface area contributed by atoms with E-state index in [4.69, 9.17) is 0 Å². The van der Waals surface area contributed by atoms with Gasteiger partial charge in [-0.2, -0.15) is 0 Å². The molecule has 0 saturated carbocycles. The lowest BCUT2D eigenvalue weighted by atomic mass is 10.1. The summed E-state index contributed by atoms with van der Waals surface area (Å²) in [4.78, 5) is 11.8. The van der Waals surface area contributed by atoms with E-state index in [9.17, 15) is 13.6 Å². The van der Waals surface area contributed by atoms with Gasteiger partial charge in [-0.3, -0.25) is 4.79 Å². The van der Waals surface area contributed by atoms with Crippen molar-refractivity contribution in [2.75, 3.05) is 6.54 Å². The molecule has 0 radical (unpaired) electrons. The van der Waals surface area contributed by atoms with Crippen LogP contribution in [0, 0.1) is 11.6 Å². The first-order valence-corrected chi connectivity index (χ1v) is 7.16. The van der Waals surface area contributed by atoms with Crippen molar-refractivity contribution in [2.45, 2.75) is 52.1 Å². The van der Waals surface area contributed by atoms with Crippen LogP contribution >= 0.6 is 0 Å². The number of amides is 1. The summed E-state index contributed by atoms with van der Waals surface area (Å²) in [6.07, 6.45) is 0.471. The zero-order valence-electron chi connectivity index (χ0n) is 13.1. The zero-order chi connectivity index (χ0) is 16.0. The molecule has 118 valence electrons. The zero-order valence-corrected chi connectivity index (χ0v) is 13.1. The summed E-state index contributed by atoms with van der Waals surface area (Å²) >= 11 is 0. The predicted octanol–water partition coefficient (Wildman–Crippen LogP) is 2.79. The fraction of sp³-hybridized carbons (Fsp3) is 0.562. The van der Waals surface area contributed by atoms with Gasteiger partial charge in [0.25, 0.3) is 0 Å². The van der Waals surface area contributed by atoms with Gasteiger partial charge in [0.15, 0.2) is 0 Å². The number of rotatable bonds is 6. The summed E-state index contributed by atoms with van der Waals surface area (Å²) in [5.41, 5.74) is -0.0273. The molecule has 1 unspecified atom stereocenters. The first-order chi connectivity index (χ1) is 9.69. The van der Waals surface area contributed by atoms with Crippen LogP contribution in [0.1, 0.15) is 39.7 Å². The molecule has 3 nitrogen and oxygen atoms in total. The van der Waals surface area contributed by atoms with Crippen molar-refractivity contribution in [3.05, 3.63) is 35.4 Å². The highest BCUT2D eigenvalue weighted by Gasteiger charge is 2.15. The lowest BCUT2D eigenvalue weighted by Crippen LogP contribution is -2.40.